The van der Waals surface area contributed by atoms with Gasteiger partial charge < -0.3 is 13.8 Å². The van der Waals surface area contributed by atoms with Gasteiger partial charge in [0.05, 0.1) is 19.8 Å². The zero-order chi connectivity index (χ0) is 16.6. The number of hydrogen-bond donors (Lipinski definition) is 0. The number of hydrogen-bond acceptors (Lipinski definition) is 6. The fourth-order valence-corrected chi connectivity index (χ4v) is 4.06. The summed E-state index contributed by atoms with van der Waals surface area (Å²) in [5.41, 5.74) is -0.755. The number of esters is 1. The Hall–Kier alpha value is -1.49. The van der Waals surface area contributed by atoms with Gasteiger partial charge in [-0.15, -0.1) is 0 Å². The smallest absolute Gasteiger partial charge is 0.349 e. The summed E-state index contributed by atoms with van der Waals surface area (Å²) in [6, 6.07) is 6.39. The molecule has 22 heavy (non-hydrogen) atoms. The van der Waals surface area contributed by atoms with Crippen LogP contribution in [0.2, 0.25) is 0 Å². The van der Waals surface area contributed by atoms with Crippen LogP contribution in [0.15, 0.2) is 24.3 Å². The van der Waals surface area contributed by atoms with Crippen molar-refractivity contribution in [2.75, 3.05) is 19.8 Å². The summed E-state index contributed by atoms with van der Waals surface area (Å²) in [5.74, 6) is -0.734. The molecule has 0 saturated carbocycles. The van der Waals surface area contributed by atoms with Crippen LogP contribution < -0.4 is 0 Å². The minimum absolute atomic E-state index is 0.108. The lowest BCUT2D eigenvalue weighted by molar-refractivity contribution is -0.143. The second-order valence-corrected chi connectivity index (χ2v) is 6.39. The third-order valence-electron chi connectivity index (χ3n) is 2.86. The van der Waals surface area contributed by atoms with Crippen molar-refractivity contribution in [1.29, 1.82) is 0 Å². The second-order valence-electron chi connectivity index (χ2n) is 4.28. The third-order valence-corrected chi connectivity index (χ3v) is 5.22. The SMILES string of the molecule is CCOC(=O)C(c1ccccc1C=O)P(=O)(OCC)OCC. The van der Waals surface area contributed by atoms with E-state index in [4.69, 9.17) is 13.8 Å². The molecule has 0 bridgehead atoms. The molecule has 0 spiro atoms. The van der Waals surface area contributed by atoms with Crippen molar-refractivity contribution in [1.82, 2.24) is 0 Å². The number of carbonyl (C=O) groups excluding carboxylic acids is 2. The van der Waals surface area contributed by atoms with E-state index < -0.39 is 19.2 Å². The average molecular weight is 328 g/mol. The van der Waals surface area contributed by atoms with Crippen LogP contribution in [0.4, 0.5) is 0 Å². The van der Waals surface area contributed by atoms with Crippen molar-refractivity contribution in [2.45, 2.75) is 26.4 Å². The van der Waals surface area contributed by atoms with Crippen LogP contribution in [-0.4, -0.2) is 32.1 Å². The predicted octanol–water partition coefficient (Wildman–Crippen LogP) is 3.37. The van der Waals surface area contributed by atoms with Gasteiger partial charge in [-0.2, -0.15) is 0 Å². The molecule has 0 N–H and O–H groups in total. The molecule has 6 nitrogen and oxygen atoms in total. The molecule has 1 unspecified atom stereocenters. The number of rotatable bonds is 9. The summed E-state index contributed by atoms with van der Waals surface area (Å²) >= 11 is 0. The van der Waals surface area contributed by atoms with Crippen molar-refractivity contribution in [3.05, 3.63) is 35.4 Å². The molecule has 0 heterocycles. The van der Waals surface area contributed by atoms with Crippen LogP contribution >= 0.6 is 7.60 Å². The first kappa shape index (κ1) is 18.6. The Labute approximate surface area is 130 Å². The molecule has 0 amide bonds. The first-order chi connectivity index (χ1) is 10.5. The summed E-state index contributed by atoms with van der Waals surface area (Å²) in [7, 11) is -3.81. The normalized spacial score (nSPS) is 12.7. The van der Waals surface area contributed by atoms with E-state index in [2.05, 4.69) is 0 Å². The third kappa shape index (κ3) is 4.26. The fourth-order valence-electron chi connectivity index (χ4n) is 2.06. The highest BCUT2D eigenvalue weighted by atomic mass is 31.2. The molecule has 7 heteroatoms. The average Bonchev–Trinajstić information content (AvgIpc) is 2.48. The van der Waals surface area contributed by atoms with E-state index in [0.29, 0.717) is 6.29 Å². The Morgan fingerprint density at radius 1 is 1.14 bits per heavy atom. The van der Waals surface area contributed by atoms with Gasteiger partial charge in [0.2, 0.25) is 0 Å². The van der Waals surface area contributed by atoms with E-state index in [-0.39, 0.29) is 30.9 Å². The quantitative estimate of drug-likeness (QED) is 0.393. The monoisotopic (exact) mass is 328 g/mol. The molecule has 0 fully saturated rings. The highest BCUT2D eigenvalue weighted by Crippen LogP contribution is 2.61. The zero-order valence-corrected chi connectivity index (χ0v) is 13.9. The first-order valence-electron chi connectivity index (χ1n) is 7.13. The van der Waals surface area contributed by atoms with Crippen molar-refractivity contribution < 1.29 is 27.9 Å². The van der Waals surface area contributed by atoms with Crippen LogP contribution in [0.5, 0.6) is 0 Å². The van der Waals surface area contributed by atoms with Gasteiger partial charge in [-0.1, -0.05) is 24.3 Å². The number of benzene rings is 1. The largest absolute Gasteiger partial charge is 0.465 e. The summed E-state index contributed by atoms with van der Waals surface area (Å²) in [5, 5.41) is 0. The van der Waals surface area contributed by atoms with E-state index in [0.717, 1.165) is 0 Å². The van der Waals surface area contributed by atoms with Crippen LogP contribution in [0.1, 0.15) is 42.4 Å². The van der Waals surface area contributed by atoms with Crippen LogP contribution in [0, 0.1) is 0 Å². The van der Waals surface area contributed by atoms with Gasteiger partial charge in [-0.25, -0.2) is 0 Å². The molecule has 0 aliphatic heterocycles. The van der Waals surface area contributed by atoms with Crippen LogP contribution in [0.25, 0.3) is 0 Å². The second kappa shape index (κ2) is 8.83. The summed E-state index contributed by atoms with van der Waals surface area (Å²) in [6.07, 6.45) is 0.601. The Bertz CT molecular complexity index is 547. The van der Waals surface area contributed by atoms with Gasteiger partial charge in [0.25, 0.3) is 0 Å². The fraction of sp³-hybridized carbons (Fsp3) is 0.467. The Kier molecular flexibility index (Phi) is 7.45. The van der Waals surface area contributed by atoms with Gasteiger partial charge in [0.1, 0.15) is 6.29 Å². The van der Waals surface area contributed by atoms with Crippen LogP contribution in [-0.2, 0) is 23.1 Å². The molecule has 1 aromatic carbocycles. The van der Waals surface area contributed by atoms with Crippen molar-refractivity contribution in [3.8, 4) is 0 Å². The lowest BCUT2D eigenvalue weighted by Gasteiger charge is -2.25. The standard InChI is InChI=1S/C15H21O6P/c1-4-19-15(17)14(22(18,20-5-2)21-6-3)13-10-8-7-9-12(13)11-16/h7-11,14H,4-6H2,1-3H3. The summed E-state index contributed by atoms with van der Waals surface area (Å²) < 4.78 is 28.6. The van der Waals surface area contributed by atoms with E-state index >= 15 is 0 Å². The highest BCUT2D eigenvalue weighted by Gasteiger charge is 2.44. The minimum atomic E-state index is -3.81. The van der Waals surface area contributed by atoms with Crippen LogP contribution in [0.3, 0.4) is 0 Å². The van der Waals surface area contributed by atoms with Crippen molar-refractivity contribution in [2.24, 2.45) is 0 Å². The lowest BCUT2D eigenvalue weighted by Crippen LogP contribution is -2.20. The molecule has 1 atom stereocenters. The summed E-state index contributed by atoms with van der Waals surface area (Å²) in [6.45, 7) is 5.29. The Morgan fingerprint density at radius 3 is 2.23 bits per heavy atom. The molecule has 1 aromatic rings. The van der Waals surface area contributed by atoms with Gasteiger partial charge >= 0.3 is 13.6 Å². The topological polar surface area (TPSA) is 78.9 Å². The maximum absolute atomic E-state index is 13.0. The number of aldehydes is 1. The molecular formula is C15H21O6P. The number of ether oxygens (including phenoxy) is 1. The van der Waals surface area contributed by atoms with Gasteiger partial charge in [-0.3, -0.25) is 14.2 Å². The molecule has 0 aromatic heterocycles. The van der Waals surface area contributed by atoms with Gasteiger partial charge in [0, 0.05) is 5.56 Å². The van der Waals surface area contributed by atoms with Crippen molar-refractivity contribution >= 4 is 19.9 Å². The molecule has 0 saturated heterocycles. The molecule has 0 radical (unpaired) electrons. The molecule has 122 valence electrons. The maximum Gasteiger partial charge on any atom is 0.349 e. The first-order valence-corrected chi connectivity index (χ1v) is 8.74. The van der Waals surface area contributed by atoms with E-state index in [1.54, 1.807) is 39.0 Å². The molecular weight excluding hydrogens is 307 g/mol. The van der Waals surface area contributed by atoms with E-state index in [1.807, 2.05) is 0 Å². The van der Waals surface area contributed by atoms with Gasteiger partial charge in [0.15, 0.2) is 5.66 Å². The Balaban J connectivity index is 3.43. The molecule has 0 aliphatic rings. The van der Waals surface area contributed by atoms with E-state index in [1.165, 1.54) is 6.07 Å². The maximum atomic E-state index is 13.0. The van der Waals surface area contributed by atoms with Gasteiger partial charge in [-0.05, 0) is 26.3 Å². The Morgan fingerprint density at radius 2 is 1.73 bits per heavy atom. The highest BCUT2D eigenvalue weighted by molar-refractivity contribution is 7.55. The number of carbonyl (C=O) groups is 2. The van der Waals surface area contributed by atoms with E-state index in [9.17, 15) is 14.2 Å². The minimum Gasteiger partial charge on any atom is -0.465 e. The lowest BCUT2D eigenvalue weighted by atomic mass is 10.1. The summed E-state index contributed by atoms with van der Waals surface area (Å²) in [4.78, 5) is 23.6. The molecule has 1 rings (SSSR count). The predicted molar refractivity (Wildman–Crippen MR) is 82.1 cm³/mol. The van der Waals surface area contributed by atoms with Crippen molar-refractivity contribution in [3.63, 3.8) is 0 Å². The molecule has 0 aliphatic carbocycles. The zero-order valence-electron chi connectivity index (χ0n) is 13.0.